The van der Waals surface area contributed by atoms with Crippen molar-refractivity contribution in [2.75, 3.05) is 18.2 Å². The normalized spacial score (nSPS) is 10.4. The molecule has 4 aromatic rings. The van der Waals surface area contributed by atoms with Crippen molar-refractivity contribution in [1.82, 2.24) is 19.9 Å². The zero-order valence-corrected chi connectivity index (χ0v) is 17.0. The maximum absolute atomic E-state index is 11.3. The fraction of sp³-hybridized carbons (Fsp3) is 0.0455. The van der Waals surface area contributed by atoms with Gasteiger partial charge < -0.3 is 26.3 Å². The number of carbonyl (C=O) groups is 1. The molecule has 0 saturated heterocycles. The Morgan fingerprint density at radius 2 is 1.84 bits per heavy atom. The number of nitrogens with two attached hydrogens (primary N) is 2. The molecule has 4 rings (SSSR count). The maximum Gasteiger partial charge on any atom is 0.267 e. The molecule has 5 N–H and O–H groups in total. The zero-order chi connectivity index (χ0) is 22.5. The summed E-state index contributed by atoms with van der Waals surface area (Å²) in [6.07, 6.45) is 3.10. The van der Waals surface area contributed by atoms with E-state index in [4.69, 9.17) is 20.9 Å². The summed E-state index contributed by atoms with van der Waals surface area (Å²) in [5.74, 6) is 1.47. The molecule has 10 heteroatoms. The number of hydrogen-bond donors (Lipinski definition) is 3. The lowest BCUT2D eigenvalue weighted by molar-refractivity contribution is 0.0995. The highest BCUT2D eigenvalue weighted by Crippen LogP contribution is 2.27. The Kier molecular flexibility index (Phi) is 5.75. The molecule has 0 spiro atoms. The molecule has 0 unspecified atom stereocenters. The highest BCUT2D eigenvalue weighted by atomic mass is 16.5. The summed E-state index contributed by atoms with van der Waals surface area (Å²) < 4.78 is 10.9. The molecule has 0 saturated carbocycles. The Morgan fingerprint density at radius 1 is 1.00 bits per heavy atom. The number of carbonyl (C=O) groups excluding carboxylic acids is 1. The summed E-state index contributed by atoms with van der Waals surface area (Å²) in [5, 5.41) is 3.19. The van der Waals surface area contributed by atoms with E-state index in [-0.39, 0.29) is 11.6 Å². The number of amides is 1. The van der Waals surface area contributed by atoms with Gasteiger partial charge in [-0.05, 0) is 24.3 Å². The molecule has 0 aliphatic carbocycles. The van der Waals surface area contributed by atoms with Crippen LogP contribution in [0.2, 0.25) is 0 Å². The molecule has 0 atom stereocenters. The van der Waals surface area contributed by atoms with Gasteiger partial charge in [-0.2, -0.15) is 4.98 Å². The number of nitrogens with zero attached hydrogens (tertiary/aromatic N) is 4. The third-order valence-electron chi connectivity index (χ3n) is 4.31. The SMILES string of the molecule is COc1ccc(-c2cc(Nc3cccc(Oc4ccnc(C(N)=O)c4)c3)nc(N)n2)cn1. The summed E-state index contributed by atoms with van der Waals surface area (Å²) in [6, 6.07) is 15.7. The molecule has 0 aliphatic heterocycles. The van der Waals surface area contributed by atoms with E-state index in [0.717, 1.165) is 5.56 Å². The van der Waals surface area contributed by atoms with Gasteiger partial charge >= 0.3 is 0 Å². The van der Waals surface area contributed by atoms with Crippen LogP contribution in [0.5, 0.6) is 17.4 Å². The van der Waals surface area contributed by atoms with E-state index >= 15 is 0 Å². The van der Waals surface area contributed by atoms with Crippen LogP contribution in [-0.2, 0) is 0 Å². The Labute approximate surface area is 183 Å². The predicted octanol–water partition coefficient (Wildman–Crippen LogP) is 3.16. The van der Waals surface area contributed by atoms with Crippen molar-refractivity contribution in [3.63, 3.8) is 0 Å². The van der Waals surface area contributed by atoms with E-state index in [2.05, 4.69) is 25.3 Å². The first-order valence-electron chi connectivity index (χ1n) is 9.46. The summed E-state index contributed by atoms with van der Waals surface area (Å²) in [6.45, 7) is 0. The number of ether oxygens (including phenoxy) is 2. The Hall–Kier alpha value is -4.73. The third-order valence-corrected chi connectivity index (χ3v) is 4.31. The van der Waals surface area contributed by atoms with E-state index in [1.807, 2.05) is 18.2 Å². The van der Waals surface area contributed by atoms with E-state index in [1.54, 1.807) is 43.6 Å². The number of aromatic nitrogens is 4. The molecule has 3 aromatic heterocycles. The van der Waals surface area contributed by atoms with Crippen LogP contribution in [0.3, 0.4) is 0 Å². The molecular weight excluding hydrogens is 410 g/mol. The second-order valence-corrected chi connectivity index (χ2v) is 6.58. The first kappa shape index (κ1) is 20.5. The van der Waals surface area contributed by atoms with Crippen molar-refractivity contribution in [2.45, 2.75) is 0 Å². The van der Waals surface area contributed by atoms with Crippen LogP contribution in [0.15, 0.2) is 67.0 Å². The highest BCUT2D eigenvalue weighted by Gasteiger charge is 2.08. The third kappa shape index (κ3) is 4.87. The van der Waals surface area contributed by atoms with Crippen molar-refractivity contribution in [3.05, 3.63) is 72.7 Å². The Morgan fingerprint density at radius 3 is 2.59 bits per heavy atom. The molecule has 0 fully saturated rings. The first-order valence-corrected chi connectivity index (χ1v) is 9.46. The quantitative estimate of drug-likeness (QED) is 0.402. The van der Waals surface area contributed by atoms with Crippen LogP contribution < -0.4 is 26.3 Å². The molecule has 0 bridgehead atoms. The van der Waals surface area contributed by atoms with E-state index in [9.17, 15) is 4.79 Å². The van der Waals surface area contributed by atoms with Crippen LogP contribution >= 0.6 is 0 Å². The van der Waals surface area contributed by atoms with Gasteiger partial charge in [0.25, 0.3) is 5.91 Å². The molecule has 0 radical (unpaired) electrons. The van der Waals surface area contributed by atoms with Gasteiger partial charge in [0.05, 0.1) is 12.8 Å². The lowest BCUT2D eigenvalue weighted by Gasteiger charge is -2.11. The van der Waals surface area contributed by atoms with Crippen molar-refractivity contribution >= 4 is 23.4 Å². The summed E-state index contributed by atoms with van der Waals surface area (Å²) >= 11 is 0. The van der Waals surface area contributed by atoms with Crippen LogP contribution in [0, 0.1) is 0 Å². The largest absolute Gasteiger partial charge is 0.481 e. The van der Waals surface area contributed by atoms with Gasteiger partial charge in [0.2, 0.25) is 11.8 Å². The van der Waals surface area contributed by atoms with Gasteiger partial charge in [-0.25, -0.2) is 9.97 Å². The fourth-order valence-corrected chi connectivity index (χ4v) is 2.86. The lowest BCUT2D eigenvalue weighted by Crippen LogP contribution is -2.12. The second-order valence-electron chi connectivity index (χ2n) is 6.58. The standard InChI is InChI=1S/C22H19N7O3/c1-31-20-6-5-13(12-26-20)17-11-19(29-22(24)28-17)27-14-3-2-4-15(9-14)32-16-7-8-25-18(10-16)21(23)30/h2-12H,1H3,(H2,23,30)(H3,24,27,28,29). The van der Waals surface area contributed by atoms with Gasteiger partial charge in [-0.15, -0.1) is 0 Å². The number of nitrogen functional groups attached to an aromatic ring is 1. The van der Waals surface area contributed by atoms with Crippen molar-refractivity contribution < 1.29 is 14.3 Å². The molecule has 0 aliphatic rings. The molecule has 160 valence electrons. The lowest BCUT2D eigenvalue weighted by atomic mass is 10.2. The van der Waals surface area contributed by atoms with Crippen molar-refractivity contribution in [3.8, 4) is 28.6 Å². The number of pyridine rings is 2. The summed E-state index contributed by atoms with van der Waals surface area (Å²) in [7, 11) is 1.55. The Bertz CT molecular complexity index is 1260. The van der Waals surface area contributed by atoms with Crippen LogP contribution in [-0.4, -0.2) is 33.0 Å². The molecule has 3 heterocycles. The minimum absolute atomic E-state index is 0.115. The number of benzene rings is 1. The van der Waals surface area contributed by atoms with Crippen LogP contribution in [0.4, 0.5) is 17.5 Å². The fourth-order valence-electron chi connectivity index (χ4n) is 2.86. The molecule has 32 heavy (non-hydrogen) atoms. The molecular formula is C22H19N7O3. The number of hydrogen-bond acceptors (Lipinski definition) is 9. The maximum atomic E-state index is 11.3. The molecule has 10 nitrogen and oxygen atoms in total. The highest BCUT2D eigenvalue weighted by molar-refractivity contribution is 5.91. The van der Waals surface area contributed by atoms with Gasteiger partial charge in [-0.3, -0.25) is 9.78 Å². The van der Waals surface area contributed by atoms with Gasteiger partial charge in [-0.1, -0.05) is 6.07 Å². The van der Waals surface area contributed by atoms with Crippen LogP contribution in [0.1, 0.15) is 10.5 Å². The predicted molar refractivity (Wildman–Crippen MR) is 119 cm³/mol. The average Bonchev–Trinajstić information content (AvgIpc) is 2.79. The van der Waals surface area contributed by atoms with Gasteiger partial charge in [0.1, 0.15) is 23.0 Å². The van der Waals surface area contributed by atoms with Gasteiger partial charge in [0, 0.05) is 47.9 Å². The monoisotopic (exact) mass is 429 g/mol. The minimum Gasteiger partial charge on any atom is -0.481 e. The summed E-state index contributed by atoms with van der Waals surface area (Å²) in [5.41, 5.74) is 13.4. The number of methoxy groups -OCH3 is 1. The van der Waals surface area contributed by atoms with E-state index in [1.165, 1.54) is 12.3 Å². The molecule has 1 aromatic carbocycles. The average molecular weight is 429 g/mol. The number of rotatable bonds is 7. The smallest absolute Gasteiger partial charge is 0.267 e. The first-order chi connectivity index (χ1) is 15.5. The molecule has 1 amide bonds. The van der Waals surface area contributed by atoms with E-state index in [0.29, 0.717) is 34.6 Å². The number of anilines is 3. The number of nitrogens with one attached hydrogen (secondary N) is 1. The van der Waals surface area contributed by atoms with Crippen molar-refractivity contribution in [1.29, 1.82) is 0 Å². The topological polar surface area (TPSA) is 151 Å². The summed E-state index contributed by atoms with van der Waals surface area (Å²) in [4.78, 5) is 27.9. The Balaban J connectivity index is 1.55. The minimum atomic E-state index is -0.630. The van der Waals surface area contributed by atoms with Crippen molar-refractivity contribution in [2.24, 2.45) is 5.73 Å². The zero-order valence-electron chi connectivity index (χ0n) is 17.0. The van der Waals surface area contributed by atoms with Crippen LogP contribution in [0.25, 0.3) is 11.3 Å². The van der Waals surface area contributed by atoms with E-state index < -0.39 is 5.91 Å². The number of primary amides is 1. The second kappa shape index (κ2) is 8.96. The van der Waals surface area contributed by atoms with Gasteiger partial charge in [0.15, 0.2) is 0 Å².